The SMILES string of the molecule is FC(F)(F)c1cc(Sc2ccc(Cl)cc2)ccc1Br. The van der Waals surface area contributed by atoms with Crippen molar-refractivity contribution < 1.29 is 13.2 Å². The van der Waals surface area contributed by atoms with E-state index in [1.807, 2.05) is 0 Å². The van der Waals surface area contributed by atoms with Crippen molar-refractivity contribution in [3.63, 3.8) is 0 Å². The van der Waals surface area contributed by atoms with Crippen LogP contribution in [0.25, 0.3) is 0 Å². The molecule has 0 spiro atoms. The molecule has 0 saturated carbocycles. The van der Waals surface area contributed by atoms with E-state index in [0.29, 0.717) is 9.92 Å². The maximum atomic E-state index is 12.8. The van der Waals surface area contributed by atoms with E-state index in [2.05, 4.69) is 15.9 Å². The van der Waals surface area contributed by atoms with Gasteiger partial charge < -0.3 is 0 Å². The molecule has 2 aromatic rings. The maximum absolute atomic E-state index is 12.8. The summed E-state index contributed by atoms with van der Waals surface area (Å²) >= 11 is 9.93. The Morgan fingerprint density at radius 3 is 2.11 bits per heavy atom. The quantitative estimate of drug-likeness (QED) is 0.602. The van der Waals surface area contributed by atoms with E-state index < -0.39 is 11.7 Å². The van der Waals surface area contributed by atoms with Crippen molar-refractivity contribution in [2.75, 3.05) is 0 Å². The van der Waals surface area contributed by atoms with Crippen molar-refractivity contribution in [3.8, 4) is 0 Å². The lowest BCUT2D eigenvalue weighted by Crippen LogP contribution is -2.05. The summed E-state index contributed by atoms with van der Waals surface area (Å²) in [6.45, 7) is 0. The van der Waals surface area contributed by atoms with Crippen LogP contribution in [0.2, 0.25) is 5.02 Å². The molecule has 100 valence electrons. The second kappa shape index (κ2) is 5.77. The van der Waals surface area contributed by atoms with E-state index in [1.165, 1.54) is 17.8 Å². The predicted molar refractivity (Wildman–Crippen MR) is 74.7 cm³/mol. The van der Waals surface area contributed by atoms with Gasteiger partial charge in [-0.2, -0.15) is 13.2 Å². The van der Waals surface area contributed by atoms with Crippen molar-refractivity contribution in [1.82, 2.24) is 0 Å². The fourth-order valence-electron chi connectivity index (χ4n) is 1.42. The van der Waals surface area contributed by atoms with Gasteiger partial charge in [0, 0.05) is 19.3 Å². The molecule has 0 bridgehead atoms. The van der Waals surface area contributed by atoms with E-state index in [9.17, 15) is 13.2 Å². The van der Waals surface area contributed by atoms with Gasteiger partial charge in [-0.25, -0.2) is 0 Å². The van der Waals surface area contributed by atoms with Crippen LogP contribution in [-0.2, 0) is 6.18 Å². The molecule has 0 aromatic heterocycles. The Morgan fingerprint density at radius 1 is 0.947 bits per heavy atom. The van der Waals surface area contributed by atoms with Crippen LogP contribution in [0, 0.1) is 0 Å². The van der Waals surface area contributed by atoms with Gasteiger partial charge in [-0.05, 0) is 42.5 Å². The zero-order chi connectivity index (χ0) is 14.0. The third-order valence-electron chi connectivity index (χ3n) is 2.29. The van der Waals surface area contributed by atoms with Crippen LogP contribution in [-0.4, -0.2) is 0 Å². The third-order valence-corrected chi connectivity index (χ3v) is 4.23. The number of halogens is 5. The summed E-state index contributed by atoms with van der Waals surface area (Å²) < 4.78 is 38.3. The van der Waals surface area contributed by atoms with Gasteiger partial charge in [0.15, 0.2) is 0 Å². The molecule has 0 aliphatic carbocycles. The van der Waals surface area contributed by atoms with Gasteiger partial charge in [-0.3, -0.25) is 0 Å². The van der Waals surface area contributed by atoms with Gasteiger partial charge in [0.1, 0.15) is 0 Å². The number of rotatable bonds is 2. The van der Waals surface area contributed by atoms with Gasteiger partial charge in [-0.15, -0.1) is 0 Å². The number of hydrogen-bond acceptors (Lipinski definition) is 1. The molecular formula is C13H7BrClF3S. The molecule has 0 aliphatic rings. The molecule has 0 heterocycles. The average molecular weight is 368 g/mol. The standard InChI is InChI=1S/C13H7BrClF3S/c14-12-6-5-10(7-11(12)13(16,17)18)19-9-3-1-8(15)2-4-9/h1-7H. The summed E-state index contributed by atoms with van der Waals surface area (Å²) in [6.07, 6.45) is -4.37. The molecule has 0 radical (unpaired) electrons. The van der Waals surface area contributed by atoms with Crippen LogP contribution in [0.5, 0.6) is 0 Å². The summed E-state index contributed by atoms with van der Waals surface area (Å²) in [4.78, 5) is 1.36. The summed E-state index contributed by atoms with van der Waals surface area (Å²) in [5.41, 5.74) is -0.675. The molecule has 0 amide bonds. The second-order valence-corrected chi connectivity index (χ2v) is 6.13. The topological polar surface area (TPSA) is 0 Å². The van der Waals surface area contributed by atoms with E-state index in [4.69, 9.17) is 11.6 Å². The monoisotopic (exact) mass is 366 g/mol. The van der Waals surface area contributed by atoms with Gasteiger partial charge in [0.25, 0.3) is 0 Å². The minimum atomic E-state index is -4.37. The molecule has 0 nitrogen and oxygen atoms in total. The van der Waals surface area contributed by atoms with Crippen LogP contribution in [0.3, 0.4) is 0 Å². The van der Waals surface area contributed by atoms with Crippen LogP contribution < -0.4 is 0 Å². The molecule has 2 aromatic carbocycles. The Kier molecular flexibility index (Phi) is 4.48. The number of benzene rings is 2. The van der Waals surface area contributed by atoms with E-state index in [-0.39, 0.29) is 4.47 Å². The Bertz CT molecular complexity index is 581. The first kappa shape index (κ1) is 14.8. The molecule has 0 saturated heterocycles. The average Bonchev–Trinajstić information content (AvgIpc) is 2.33. The molecule has 0 unspecified atom stereocenters. The van der Waals surface area contributed by atoms with Crippen LogP contribution in [0.15, 0.2) is 56.7 Å². The van der Waals surface area contributed by atoms with Gasteiger partial charge in [0.05, 0.1) is 5.56 Å². The first-order valence-electron chi connectivity index (χ1n) is 5.16. The zero-order valence-corrected chi connectivity index (χ0v) is 12.5. The highest BCUT2D eigenvalue weighted by molar-refractivity contribution is 9.10. The molecule has 6 heteroatoms. The molecule has 0 N–H and O–H groups in total. The van der Waals surface area contributed by atoms with Crippen molar-refractivity contribution in [1.29, 1.82) is 0 Å². The maximum Gasteiger partial charge on any atom is 0.417 e. The lowest BCUT2D eigenvalue weighted by atomic mass is 10.2. The van der Waals surface area contributed by atoms with Crippen molar-refractivity contribution >= 4 is 39.3 Å². The Hall–Kier alpha value is -0.650. The molecule has 0 atom stereocenters. The smallest absolute Gasteiger partial charge is 0.166 e. The highest BCUT2D eigenvalue weighted by Crippen LogP contribution is 2.38. The van der Waals surface area contributed by atoms with E-state index >= 15 is 0 Å². The Morgan fingerprint density at radius 2 is 1.53 bits per heavy atom. The molecule has 2 rings (SSSR count). The summed E-state index contributed by atoms with van der Waals surface area (Å²) in [5.74, 6) is 0. The Balaban J connectivity index is 2.29. The third kappa shape index (κ3) is 3.91. The highest BCUT2D eigenvalue weighted by Gasteiger charge is 2.33. The Labute approximate surface area is 126 Å². The zero-order valence-electron chi connectivity index (χ0n) is 9.34. The first-order chi connectivity index (χ1) is 8.86. The minimum absolute atomic E-state index is 0.0421. The second-order valence-electron chi connectivity index (χ2n) is 3.70. The van der Waals surface area contributed by atoms with Gasteiger partial charge >= 0.3 is 6.18 Å². The van der Waals surface area contributed by atoms with Gasteiger partial charge in [0.2, 0.25) is 0 Å². The van der Waals surface area contributed by atoms with Crippen LogP contribution >= 0.6 is 39.3 Å². The summed E-state index contributed by atoms with van der Waals surface area (Å²) in [5, 5.41) is 0.594. The van der Waals surface area contributed by atoms with E-state index in [0.717, 1.165) is 11.0 Å². The summed E-state index contributed by atoms with van der Waals surface area (Å²) in [6, 6.07) is 11.1. The highest BCUT2D eigenvalue weighted by atomic mass is 79.9. The van der Waals surface area contributed by atoms with Crippen molar-refractivity contribution in [2.45, 2.75) is 16.0 Å². The molecular weight excluding hydrogens is 361 g/mol. The lowest BCUT2D eigenvalue weighted by molar-refractivity contribution is -0.138. The molecule has 0 aliphatic heterocycles. The number of alkyl halides is 3. The van der Waals surface area contributed by atoms with Crippen molar-refractivity contribution in [3.05, 3.63) is 57.5 Å². The fourth-order valence-corrected chi connectivity index (χ4v) is 2.88. The first-order valence-corrected chi connectivity index (χ1v) is 7.15. The molecule has 19 heavy (non-hydrogen) atoms. The van der Waals surface area contributed by atoms with Crippen molar-refractivity contribution in [2.24, 2.45) is 0 Å². The lowest BCUT2D eigenvalue weighted by Gasteiger charge is -2.11. The van der Waals surface area contributed by atoms with Crippen LogP contribution in [0.4, 0.5) is 13.2 Å². The predicted octanol–water partition coefficient (Wildman–Crippen LogP) is 6.27. The largest absolute Gasteiger partial charge is 0.417 e. The van der Waals surface area contributed by atoms with Crippen LogP contribution in [0.1, 0.15) is 5.56 Å². The molecule has 0 fully saturated rings. The van der Waals surface area contributed by atoms with E-state index in [1.54, 1.807) is 30.3 Å². The minimum Gasteiger partial charge on any atom is -0.166 e. The summed E-state index contributed by atoms with van der Waals surface area (Å²) in [7, 11) is 0. The fraction of sp³-hybridized carbons (Fsp3) is 0.0769. The van der Waals surface area contributed by atoms with Gasteiger partial charge in [-0.1, -0.05) is 39.3 Å². The number of hydrogen-bond donors (Lipinski definition) is 0. The normalized spacial score (nSPS) is 11.6.